The molecule has 0 N–H and O–H groups in total. The molecule has 0 amide bonds. The lowest BCUT2D eigenvalue weighted by Crippen LogP contribution is -2.20. The lowest BCUT2D eigenvalue weighted by Gasteiger charge is -2.07. The summed E-state index contributed by atoms with van der Waals surface area (Å²) < 4.78 is 2.16. The van der Waals surface area contributed by atoms with Crippen molar-refractivity contribution in [1.82, 2.24) is 9.55 Å². The molecule has 0 aliphatic heterocycles. The zero-order valence-electron chi connectivity index (χ0n) is 14.4. The number of nitrogens with zero attached hydrogens (tertiary/aromatic N) is 2. The molecule has 0 spiro atoms. The highest BCUT2D eigenvalue weighted by Gasteiger charge is 2.09. The van der Waals surface area contributed by atoms with Crippen LogP contribution in [0, 0.1) is 0 Å². The fourth-order valence-electron chi connectivity index (χ4n) is 2.48. The summed E-state index contributed by atoms with van der Waals surface area (Å²) in [6.45, 7) is 4.81. The Morgan fingerprint density at radius 3 is 2.46 bits per heavy atom. The number of halogens is 1. The Balaban J connectivity index is 1.91. The summed E-state index contributed by atoms with van der Waals surface area (Å²) in [5.41, 5.74) is 2.65. The first-order valence-corrected chi connectivity index (χ1v) is 10.4. The van der Waals surface area contributed by atoms with Gasteiger partial charge in [0.2, 0.25) is 0 Å². The van der Waals surface area contributed by atoms with Crippen LogP contribution in [0.2, 0.25) is 0 Å². The minimum absolute atomic E-state index is 0.0163. The Morgan fingerprint density at radius 1 is 1.08 bits per heavy atom. The van der Waals surface area contributed by atoms with E-state index in [1.165, 1.54) is 36.8 Å². The average molecular weight is 409 g/mol. The molecule has 0 fully saturated rings. The predicted molar refractivity (Wildman–Crippen MR) is 106 cm³/mol. The quantitative estimate of drug-likeness (QED) is 0.314. The van der Waals surface area contributed by atoms with E-state index in [0.717, 1.165) is 17.2 Å². The lowest BCUT2D eigenvalue weighted by molar-refractivity contribution is 0.667. The van der Waals surface area contributed by atoms with Crippen LogP contribution in [-0.2, 0) is 18.7 Å². The first kappa shape index (κ1) is 19.3. The molecule has 0 unspecified atom stereocenters. The van der Waals surface area contributed by atoms with Gasteiger partial charge in [0.1, 0.15) is 9.50 Å². The summed E-state index contributed by atoms with van der Waals surface area (Å²) >= 11 is 4.97. The van der Waals surface area contributed by atoms with Crippen molar-refractivity contribution in [1.29, 1.82) is 0 Å². The van der Waals surface area contributed by atoms with Gasteiger partial charge in [-0.2, -0.15) is 0 Å². The van der Waals surface area contributed by atoms with Gasteiger partial charge in [0.25, 0.3) is 5.56 Å². The highest BCUT2D eigenvalue weighted by atomic mass is 79.9. The Bertz CT molecular complexity index is 698. The second-order valence-corrected chi connectivity index (χ2v) is 7.63. The summed E-state index contributed by atoms with van der Waals surface area (Å²) in [6.07, 6.45) is 7.98. The van der Waals surface area contributed by atoms with Gasteiger partial charge in [-0.3, -0.25) is 9.36 Å². The Hall–Kier alpha value is -1.07. The number of hydrogen-bond acceptors (Lipinski definition) is 3. The molecule has 0 saturated heterocycles. The molecule has 1 aromatic heterocycles. The summed E-state index contributed by atoms with van der Waals surface area (Å²) in [7, 11) is 0. The average Bonchev–Trinajstić information content (AvgIpc) is 2.61. The van der Waals surface area contributed by atoms with Crippen molar-refractivity contribution < 1.29 is 0 Å². The van der Waals surface area contributed by atoms with Gasteiger partial charge in [-0.05, 0) is 46.8 Å². The smallest absolute Gasteiger partial charge is 0.268 e. The van der Waals surface area contributed by atoms with E-state index in [0.29, 0.717) is 11.0 Å². The molecule has 0 radical (unpaired) electrons. The minimum Gasteiger partial charge on any atom is -0.299 e. The third-order valence-electron chi connectivity index (χ3n) is 4.01. The van der Waals surface area contributed by atoms with E-state index in [1.54, 1.807) is 22.7 Å². The number of benzene rings is 1. The first-order valence-electron chi connectivity index (χ1n) is 8.61. The van der Waals surface area contributed by atoms with E-state index < -0.39 is 0 Å². The number of unbranched alkanes of at least 4 members (excludes halogenated alkanes) is 3. The molecule has 3 nitrogen and oxygen atoms in total. The van der Waals surface area contributed by atoms with Gasteiger partial charge < -0.3 is 0 Å². The van der Waals surface area contributed by atoms with Gasteiger partial charge in [0.05, 0.1) is 6.33 Å². The normalized spacial score (nSPS) is 11.0. The number of aryl methyl sites for hydroxylation is 2. The summed E-state index contributed by atoms with van der Waals surface area (Å²) in [6, 6.07) is 8.81. The highest BCUT2D eigenvalue weighted by Crippen LogP contribution is 2.25. The maximum absolute atomic E-state index is 12.1. The molecule has 1 aromatic carbocycles. The molecule has 130 valence electrons. The van der Waals surface area contributed by atoms with Crippen LogP contribution in [0.25, 0.3) is 0 Å². The molecular formula is C19H25BrN2OS. The second-order valence-electron chi connectivity index (χ2n) is 5.87. The summed E-state index contributed by atoms with van der Waals surface area (Å²) in [5, 5.41) is 0.758. The van der Waals surface area contributed by atoms with Crippen LogP contribution in [0.15, 0.2) is 44.9 Å². The fourth-order valence-corrected chi connectivity index (χ4v) is 3.99. The van der Waals surface area contributed by atoms with Gasteiger partial charge in [0.15, 0.2) is 0 Å². The van der Waals surface area contributed by atoms with E-state index >= 15 is 0 Å². The molecule has 2 aromatic rings. The maximum Gasteiger partial charge on any atom is 0.268 e. The number of hydrogen-bond donors (Lipinski definition) is 0. The van der Waals surface area contributed by atoms with Crippen molar-refractivity contribution >= 4 is 27.7 Å². The number of aromatic nitrogens is 2. The Morgan fingerprint density at radius 2 is 1.79 bits per heavy atom. The predicted octanol–water partition coefficient (Wildman–Crippen LogP) is 5.44. The van der Waals surface area contributed by atoms with Crippen molar-refractivity contribution in [2.75, 3.05) is 0 Å². The van der Waals surface area contributed by atoms with Crippen molar-refractivity contribution in [3.63, 3.8) is 0 Å². The Kier molecular flexibility index (Phi) is 8.06. The molecule has 0 aliphatic carbocycles. The third-order valence-corrected chi connectivity index (χ3v) is 6.05. The second kappa shape index (κ2) is 10.0. The van der Waals surface area contributed by atoms with Gasteiger partial charge in [-0.1, -0.05) is 50.5 Å². The van der Waals surface area contributed by atoms with Crippen molar-refractivity contribution in [2.45, 2.75) is 63.3 Å². The largest absolute Gasteiger partial charge is 0.299 e. The first-order chi connectivity index (χ1) is 11.7. The van der Waals surface area contributed by atoms with Gasteiger partial charge >= 0.3 is 0 Å². The molecule has 0 bridgehead atoms. The molecule has 0 aliphatic rings. The van der Waals surface area contributed by atoms with Crippen LogP contribution in [0.1, 0.15) is 50.7 Å². The molecule has 5 heteroatoms. The number of rotatable bonds is 9. The molecule has 2 rings (SSSR count). The fraction of sp³-hybridized carbons (Fsp3) is 0.474. The van der Waals surface area contributed by atoms with E-state index in [9.17, 15) is 4.79 Å². The van der Waals surface area contributed by atoms with E-state index in [2.05, 4.69) is 52.1 Å². The van der Waals surface area contributed by atoms with Gasteiger partial charge in [-0.25, -0.2) is 4.98 Å². The third kappa shape index (κ3) is 5.49. The van der Waals surface area contributed by atoms with Crippen LogP contribution in [0.3, 0.4) is 0 Å². The maximum atomic E-state index is 12.1. The van der Waals surface area contributed by atoms with E-state index in [1.807, 2.05) is 6.92 Å². The van der Waals surface area contributed by atoms with Crippen LogP contribution >= 0.6 is 27.7 Å². The van der Waals surface area contributed by atoms with Crippen LogP contribution in [0.4, 0.5) is 0 Å². The summed E-state index contributed by atoms with van der Waals surface area (Å²) in [4.78, 5) is 16.5. The summed E-state index contributed by atoms with van der Waals surface area (Å²) in [5.74, 6) is 0.817. The standard InChI is InChI=1S/C19H25BrN2OS/c1-3-5-6-7-8-15-9-11-16(12-10-15)13-24-18-17(20)19(23)22(4-2)14-21-18/h9-12,14H,3-8,13H2,1-2H3. The topological polar surface area (TPSA) is 34.9 Å². The molecular weight excluding hydrogens is 384 g/mol. The van der Waals surface area contributed by atoms with Crippen molar-refractivity contribution in [3.05, 3.63) is 56.5 Å². The monoisotopic (exact) mass is 408 g/mol. The van der Waals surface area contributed by atoms with Crippen LogP contribution in [-0.4, -0.2) is 9.55 Å². The zero-order valence-corrected chi connectivity index (χ0v) is 16.8. The van der Waals surface area contributed by atoms with Crippen molar-refractivity contribution in [3.8, 4) is 0 Å². The highest BCUT2D eigenvalue weighted by molar-refractivity contribution is 9.10. The van der Waals surface area contributed by atoms with Gasteiger partial charge in [0, 0.05) is 12.3 Å². The molecule has 0 saturated carbocycles. The van der Waals surface area contributed by atoms with Crippen LogP contribution < -0.4 is 5.56 Å². The number of thioether (sulfide) groups is 1. The lowest BCUT2D eigenvalue weighted by atomic mass is 10.1. The van der Waals surface area contributed by atoms with Crippen molar-refractivity contribution in [2.24, 2.45) is 0 Å². The minimum atomic E-state index is -0.0163. The molecule has 1 heterocycles. The molecule has 24 heavy (non-hydrogen) atoms. The van der Waals surface area contributed by atoms with E-state index in [-0.39, 0.29) is 5.56 Å². The van der Waals surface area contributed by atoms with Crippen LogP contribution in [0.5, 0.6) is 0 Å². The Labute approximate surface area is 157 Å². The van der Waals surface area contributed by atoms with Gasteiger partial charge in [-0.15, -0.1) is 11.8 Å². The zero-order chi connectivity index (χ0) is 17.4. The SMILES string of the molecule is CCCCCCc1ccc(CSc2ncn(CC)c(=O)c2Br)cc1. The molecule has 0 atom stereocenters. The van der Waals surface area contributed by atoms with E-state index in [4.69, 9.17) is 0 Å².